The molecule has 2 nitrogen and oxygen atoms in total. The SMILES string of the molecule is OS1(O)C=CC=CC1. The second-order valence-electron chi connectivity index (χ2n) is 1.64. The highest BCUT2D eigenvalue weighted by molar-refractivity contribution is 8.27. The zero-order valence-corrected chi connectivity index (χ0v) is 5.14. The lowest BCUT2D eigenvalue weighted by Gasteiger charge is -2.27. The van der Waals surface area contributed by atoms with Gasteiger partial charge in [-0.3, -0.25) is 9.11 Å². The Morgan fingerprint density at radius 2 is 2.00 bits per heavy atom. The van der Waals surface area contributed by atoms with Gasteiger partial charge in [-0.25, -0.2) is 0 Å². The Morgan fingerprint density at radius 3 is 2.25 bits per heavy atom. The number of rotatable bonds is 0. The summed E-state index contributed by atoms with van der Waals surface area (Å²) in [6.07, 6.45) is 5.20. The summed E-state index contributed by atoms with van der Waals surface area (Å²) < 4.78 is 17.8. The smallest absolute Gasteiger partial charge is 0.0601 e. The van der Waals surface area contributed by atoms with Crippen molar-refractivity contribution in [3.63, 3.8) is 0 Å². The molecule has 0 atom stereocenters. The van der Waals surface area contributed by atoms with Gasteiger partial charge in [0.2, 0.25) is 0 Å². The van der Waals surface area contributed by atoms with Gasteiger partial charge in [0.05, 0.1) is 5.75 Å². The van der Waals surface area contributed by atoms with Crippen LogP contribution in [0.4, 0.5) is 0 Å². The molecular formula is C5H8O2S. The van der Waals surface area contributed by atoms with Crippen molar-refractivity contribution in [3.8, 4) is 0 Å². The van der Waals surface area contributed by atoms with Crippen molar-refractivity contribution in [2.75, 3.05) is 5.75 Å². The lowest BCUT2D eigenvalue weighted by molar-refractivity contribution is 0.503. The van der Waals surface area contributed by atoms with Crippen LogP contribution in [0.25, 0.3) is 0 Å². The summed E-state index contributed by atoms with van der Waals surface area (Å²) in [5.41, 5.74) is 0. The van der Waals surface area contributed by atoms with Crippen LogP contribution < -0.4 is 0 Å². The maximum atomic E-state index is 8.88. The first-order valence-corrected chi connectivity index (χ1v) is 4.08. The minimum atomic E-state index is -2.35. The van der Waals surface area contributed by atoms with Crippen LogP contribution in [0, 0.1) is 0 Å². The molecule has 1 aliphatic heterocycles. The number of hydrogen-bond acceptors (Lipinski definition) is 2. The Kier molecular flexibility index (Phi) is 1.42. The normalized spacial score (nSPS) is 27.8. The Hall–Kier alpha value is -0.250. The van der Waals surface area contributed by atoms with E-state index in [0.717, 1.165) is 0 Å². The maximum Gasteiger partial charge on any atom is 0.0601 e. The van der Waals surface area contributed by atoms with Crippen molar-refractivity contribution in [1.29, 1.82) is 0 Å². The summed E-state index contributed by atoms with van der Waals surface area (Å²) in [5, 5.41) is 1.44. The largest absolute Gasteiger partial charge is 0.295 e. The van der Waals surface area contributed by atoms with Crippen molar-refractivity contribution in [3.05, 3.63) is 23.6 Å². The minimum absolute atomic E-state index is 0.378. The van der Waals surface area contributed by atoms with Crippen LogP contribution in [-0.4, -0.2) is 14.9 Å². The van der Waals surface area contributed by atoms with Gasteiger partial charge < -0.3 is 0 Å². The van der Waals surface area contributed by atoms with Crippen LogP contribution >= 0.6 is 10.6 Å². The fraction of sp³-hybridized carbons (Fsp3) is 0.200. The van der Waals surface area contributed by atoms with Gasteiger partial charge in [-0.15, -0.1) is 0 Å². The Labute approximate surface area is 49.9 Å². The molecule has 0 saturated heterocycles. The summed E-state index contributed by atoms with van der Waals surface area (Å²) in [7, 11) is -2.35. The number of hydrogen-bond donors (Lipinski definition) is 2. The van der Waals surface area contributed by atoms with Crippen LogP contribution in [0.2, 0.25) is 0 Å². The molecule has 1 rings (SSSR count). The van der Waals surface area contributed by atoms with E-state index in [0.29, 0.717) is 5.75 Å². The quantitative estimate of drug-likeness (QED) is 0.527. The Morgan fingerprint density at radius 1 is 1.25 bits per heavy atom. The first kappa shape index (κ1) is 5.88. The third-order valence-corrected chi connectivity index (χ3v) is 2.16. The third kappa shape index (κ3) is 1.36. The molecule has 0 unspecified atom stereocenters. The van der Waals surface area contributed by atoms with Crippen LogP contribution in [0.5, 0.6) is 0 Å². The zero-order chi connectivity index (χ0) is 6.04. The predicted molar refractivity (Wildman–Crippen MR) is 36.0 cm³/mol. The minimum Gasteiger partial charge on any atom is -0.295 e. The van der Waals surface area contributed by atoms with E-state index < -0.39 is 10.6 Å². The van der Waals surface area contributed by atoms with Crippen LogP contribution in [-0.2, 0) is 0 Å². The Balaban J connectivity index is 2.65. The molecule has 0 aromatic rings. The van der Waals surface area contributed by atoms with Gasteiger partial charge in [-0.05, 0) is 6.08 Å². The van der Waals surface area contributed by atoms with Crippen LogP contribution in [0.15, 0.2) is 23.6 Å². The van der Waals surface area contributed by atoms with Gasteiger partial charge in [-0.2, -0.15) is 10.6 Å². The summed E-state index contributed by atoms with van der Waals surface area (Å²) in [5.74, 6) is 0.378. The van der Waals surface area contributed by atoms with Gasteiger partial charge in [-0.1, -0.05) is 12.2 Å². The molecule has 0 radical (unpaired) electrons. The van der Waals surface area contributed by atoms with E-state index in [1.807, 2.05) is 0 Å². The Bertz CT molecular complexity index is 137. The molecule has 0 fully saturated rings. The summed E-state index contributed by atoms with van der Waals surface area (Å²) in [6.45, 7) is 0. The van der Waals surface area contributed by atoms with Crippen molar-refractivity contribution < 1.29 is 9.11 Å². The average molecular weight is 132 g/mol. The first-order chi connectivity index (χ1) is 3.71. The molecule has 46 valence electrons. The molecule has 0 aromatic carbocycles. The highest BCUT2D eigenvalue weighted by Gasteiger charge is 2.05. The second-order valence-corrected chi connectivity index (χ2v) is 3.68. The highest BCUT2D eigenvalue weighted by atomic mass is 32.3. The topological polar surface area (TPSA) is 40.5 Å². The van der Waals surface area contributed by atoms with Gasteiger partial charge in [0.1, 0.15) is 0 Å². The van der Waals surface area contributed by atoms with Crippen molar-refractivity contribution >= 4 is 10.6 Å². The predicted octanol–water partition coefficient (Wildman–Crippen LogP) is 1.82. The summed E-state index contributed by atoms with van der Waals surface area (Å²) in [4.78, 5) is 0. The molecule has 0 aliphatic carbocycles. The van der Waals surface area contributed by atoms with E-state index in [9.17, 15) is 0 Å². The molecule has 0 aromatic heterocycles. The van der Waals surface area contributed by atoms with E-state index in [2.05, 4.69) is 0 Å². The standard InChI is InChI=1S/C5H8O2S/c6-8(7)4-2-1-3-5-8/h1-4,6-7H,5H2. The second kappa shape index (κ2) is 1.93. The maximum absolute atomic E-state index is 8.88. The molecule has 3 heteroatoms. The molecule has 1 aliphatic rings. The van der Waals surface area contributed by atoms with Crippen LogP contribution in [0.3, 0.4) is 0 Å². The third-order valence-electron chi connectivity index (χ3n) is 0.885. The molecule has 2 N–H and O–H groups in total. The van der Waals surface area contributed by atoms with Crippen LogP contribution in [0.1, 0.15) is 0 Å². The highest BCUT2D eigenvalue weighted by Crippen LogP contribution is 2.41. The summed E-state index contributed by atoms with van der Waals surface area (Å²) in [6, 6.07) is 0. The monoisotopic (exact) mass is 132 g/mol. The number of allylic oxidation sites excluding steroid dienone is 2. The van der Waals surface area contributed by atoms with Gasteiger partial charge in [0.25, 0.3) is 0 Å². The lowest BCUT2D eigenvalue weighted by Crippen LogP contribution is -1.97. The van der Waals surface area contributed by atoms with E-state index >= 15 is 0 Å². The van der Waals surface area contributed by atoms with Crippen molar-refractivity contribution in [1.82, 2.24) is 0 Å². The van der Waals surface area contributed by atoms with E-state index in [1.165, 1.54) is 5.41 Å². The molecular weight excluding hydrogens is 124 g/mol. The lowest BCUT2D eigenvalue weighted by atomic mass is 10.5. The van der Waals surface area contributed by atoms with E-state index in [1.54, 1.807) is 18.2 Å². The molecule has 8 heavy (non-hydrogen) atoms. The van der Waals surface area contributed by atoms with Gasteiger partial charge in [0.15, 0.2) is 0 Å². The molecule has 1 heterocycles. The van der Waals surface area contributed by atoms with Gasteiger partial charge >= 0.3 is 0 Å². The summed E-state index contributed by atoms with van der Waals surface area (Å²) >= 11 is 0. The molecule has 0 spiro atoms. The van der Waals surface area contributed by atoms with Crippen molar-refractivity contribution in [2.45, 2.75) is 0 Å². The molecule has 0 amide bonds. The average Bonchev–Trinajstić information content (AvgIpc) is 1.65. The van der Waals surface area contributed by atoms with Gasteiger partial charge in [0, 0.05) is 5.41 Å². The first-order valence-electron chi connectivity index (χ1n) is 2.30. The van der Waals surface area contributed by atoms with Crippen molar-refractivity contribution in [2.24, 2.45) is 0 Å². The zero-order valence-electron chi connectivity index (χ0n) is 4.32. The molecule has 0 saturated carbocycles. The van der Waals surface area contributed by atoms with E-state index in [4.69, 9.17) is 9.11 Å². The fourth-order valence-electron chi connectivity index (χ4n) is 0.502. The fourth-order valence-corrected chi connectivity index (χ4v) is 1.35. The van der Waals surface area contributed by atoms with E-state index in [-0.39, 0.29) is 0 Å². The molecule has 0 bridgehead atoms.